The van der Waals surface area contributed by atoms with Crippen LogP contribution in [0.5, 0.6) is 5.75 Å². The third-order valence-electron chi connectivity index (χ3n) is 2.57. The molecular formula is C14H9F3O3. The standard InChI is InChI=1S/C14H9F3O3/c15-10-2-4-12(17)13(6-10)20-7-9-5-8(14(18)19)1-3-11(9)16/h1-6H,7H2,(H,18,19). The zero-order valence-corrected chi connectivity index (χ0v) is 10.1. The first-order valence-electron chi connectivity index (χ1n) is 5.57. The fraction of sp³-hybridized carbons (Fsp3) is 0.0714. The van der Waals surface area contributed by atoms with Crippen molar-refractivity contribution in [2.75, 3.05) is 0 Å². The first-order chi connectivity index (χ1) is 9.47. The maximum Gasteiger partial charge on any atom is 0.335 e. The van der Waals surface area contributed by atoms with Crippen molar-refractivity contribution in [1.82, 2.24) is 0 Å². The van der Waals surface area contributed by atoms with Crippen LogP contribution in [0.2, 0.25) is 0 Å². The predicted octanol–water partition coefficient (Wildman–Crippen LogP) is 3.38. The van der Waals surface area contributed by atoms with Crippen molar-refractivity contribution >= 4 is 5.97 Å². The van der Waals surface area contributed by atoms with Crippen LogP contribution < -0.4 is 4.74 Å². The number of carbonyl (C=O) groups is 1. The molecule has 20 heavy (non-hydrogen) atoms. The highest BCUT2D eigenvalue weighted by Gasteiger charge is 2.11. The summed E-state index contributed by atoms with van der Waals surface area (Å²) in [5.41, 5.74) is -0.182. The minimum absolute atomic E-state index is 0.0615. The molecule has 0 spiro atoms. The zero-order chi connectivity index (χ0) is 14.7. The number of rotatable bonds is 4. The summed E-state index contributed by atoms with van der Waals surface area (Å²) >= 11 is 0. The molecule has 0 saturated heterocycles. The predicted molar refractivity (Wildman–Crippen MR) is 64.0 cm³/mol. The van der Waals surface area contributed by atoms with E-state index in [9.17, 15) is 18.0 Å². The van der Waals surface area contributed by atoms with E-state index in [1.165, 1.54) is 0 Å². The fourth-order valence-corrected chi connectivity index (χ4v) is 1.56. The number of carboxylic acid groups (broad SMARTS) is 1. The van der Waals surface area contributed by atoms with Crippen LogP contribution >= 0.6 is 0 Å². The van der Waals surface area contributed by atoms with E-state index in [0.29, 0.717) is 0 Å². The van der Waals surface area contributed by atoms with Crippen LogP contribution in [-0.4, -0.2) is 11.1 Å². The number of hydrogen-bond donors (Lipinski definition) is 1. The molecular weight excluding hydrogens is 273 g/mol. The average molecular weight is 282 g/mol. The minimum atomic E-state index is -1.22. The Morgan fingerprint density at radius 1 is 1.05 bits per heavy atom. The number of aromatic carboxylic acids is 1. The van der Waals surface area contributed by atoms with Gasteiger partial charge in [0.05, 0.1) is 5.56 Å². The maximum absolute atomic E-state index is 13.5. The summed E-state index contributed by atoms with van der Waals surface area (Å²) in [5, 5.41) is 8.79. The van der Waals surface area contributed by atoms with Crippen LogP contribution in [0.3, 0.4) is 0 Å². The second kappa shape index (κ2) is 5.64. The van der Waals surface area contributed by atoms with Gasteiger partial charge in [-0.25, -0.2) is 18.0 Å². The second-order valence-corrected chi connectivity index (χ2v) is 3.97. The molecule has 6 heteroatoms. The van der Waals surface area contributed by atoms with Gasteiger partial charge >= 0.3 is 5.97 Å². The number of hydrogen-bond acceptors (Lipinski definition) is 2. The van der Waals surface area contributed by atoms with Crippen molar-refractivity contribution in [2.24, 2.45) is 0 Å². The molecule has 0 aromatic heterocycles. The first-order valence-corrected chi connectivity index (χ1v) is 5.57. The second-order valence-electron chi connectivity index (χ2n) is 3.97. The molecule has 0 aliphatic carbocycles. The van der Waals surface area contributed by atoms with Crippen molar-refractivity contribution < 1.29 is 27.8 Å². The van der Waals surface area contributed by atoms with Gasteiger partial charge in [0, 0.05) is 11.6 Å². The van der Waals surface area contributed by atoms with Crippen LogP contribution in [0.15, 0.2) is 36.4 Å². The molecule has 0 radical (unpaired) electrons. The van der Waals surface area contributed by atoms with Crippen LogP contribution in [0.1, 0.15) is 15.9 Å². The number of carboxylic acids is 1. The van der Waals surface area contributed by atoms with Crippen molar-refractivity contribution in [3.8, 4) is 5.75 Å². The number of ether oxygens (including phenoxy) is 1. The van der Waals surface area contributed by atoms with E-state index in [0.717, 1.165) is 36.4 Å². The van der Waals surface area contributed by atoms with E-state index in [1.807, 2.05) is 0 Å². The smallest absolute Gasteiger partial charge is 0.335 e. The molecule has 0 fully saturated rings. The molecule has 3 nitrogen and oxygen atoms in total. The van der Waals surface area contributed by atoms with Crippen molar-refractivity contribution in [1.29, 1.82) is 0 Å². The van der Waals surface area contributed by atoms with Crippen molar-refractivity contribution in [3.05, 3.63) is 65.0 Å². The average Bonchev–Trinajstić information content (AvgIpc) is 2.41. The van der Waals surface area contributed by atoms with Crippen LogP contribution in [0.4, 0.5) is 13.2 Å². The van der Waals surface area contributed by atoms with Gasteiger partial charge in [-0.1, -0.05) is 0 Å². The summed E-state index contributed by atoms with van der Waals surface area (Å²) < 4.78 is 44.7. The Morgan fingerprint density at radius 2 is 1.75 bits per heavy atom. The fourth-order valence-electron chi connectivity index (χ4n) is 1.56. The van der Waals surface area contributed by atoms with Gasteiger partial charge in [-0.15, -0.1) is 0 Å². The molecule has 104 valence electrons. The van der Waals surface area contributed by atoms with Crippen molar-refractivity contribution in [3.63, 3.8) is 0 Å². The Kier molecular flexibility index (Phi) is 3.93. The van der Waals surface area contributed by atoms with Gasteiger partial charge < -0.3 is 9.84 Å². The van der Waals surface area contributed by atoms with E-state index in [4.69, 9.17) is 9.84 Å². The summed E-state index contributed by atoms with van der Waals surface area (Å²) in [4.78, 5) is 10.8. The summed E-state index contributed by atoms with van der Waals surface area (Å²) in [6, 6.07) is 5.79. The van der Waals surface area contributed by atoms with E-state index in [2.05, 4.69) is 0 Å². The van der Waals surface area contributed by atoms with E-state index in [-0.39, 0.29) is 16.9 Å². The molecule has 2 aromatic carbocycles. The summed E-state index contributed by atoms with van der Waals surface area (Å²) in [6.45, 7) is -0.409. The Labute approximate surface area is 112 Å². The monoisotopic (exact) mass is 282 g/mol. The highest BCUT2D eigenvalue weighted by molar-refractivity contribution is 5.87. The van der Waals surface area contributed by atoms with Gasteiger partial charge in [0.1, 0.15) is 18.2 Å². The Balaban J connectivity index is 2.20. The molecule has 0 bridgehead atoms. The molecule has 0 unspecified atom stereocenters. The quantitative estimate of drug-likeness (QED) is 0.935. The lowest BCUT2D eigenvalue weighted by atomic mass is 10.1. The Bertz CT molecular complexity index is 656. The molecule has 2 aromatic rings. The molecule has 1 N–H and O–H groups in total. The van der Waals surface area contributed by atoms with E-state index in [1.54, 1.807) is 0 Å². The molecule has 0 aliphatic rings. The van der Waals surface area contributed by atoms with Crippen molar-refractivity contribution in [2.45, 2.75) is 6.61 Å². The summed E-state index contributed by atoms with van der Waals surface area (Å²) in [7, 11) is 0. The van der Waals surface area contributed by atoms with Crippen LogP contribution in [-0.2, 0) is 6.61 Å². The lowest BCUT2D eigenvalue weighted by Crippen LogP contribution is -2.04. The zero-order valence-electron chi connectivity index (χ0n) is 10.1. The molecule has 0 atom stereocenters. The minimum Gasteiger partial charge on any atom is -0.486 e. The molecule has 0 amide bonds. The SMILES string of the molecule is O=C(O)c1ccc(F)c(COc2cc(F)ccc2F)c1. The largest absolute Gasteiger partial charge is 0.486 e. The van der Waals surface area contributed by atoms with E-state index >= 15 is 0 Å². The topological polar surface area (TPSA) is 46.5 Å². The lowest BCUT2D eigenvalue weighted by molar-refractivity contribution is 0.0696. The van der Waals surface area contributed by atoms with Crippen LogP contribution in [0, 0.1) is 17.5 Å². The highest BCUT2D eigenvalue weighted by Crippen LogP contribution is 2.20. The van der Waals surface area contributed by atoms with Gasteiger partial charge in [0.25, 0.3) is 0 Å². The Morgan fingerprint density at radius 3 is 2.45 bits per heavy atom. The molecule has 2 rings (SSSR count). The normalized spacial score (nSPS) is 10.3. The third kappa shape index (κ3) is 3.09. The summed E-state index contributed by atoms with van der Waals surface area (Å²) in [6.07, 6.45) is 0. The lowest BCUT2D eigenvalue weighted by Gasteiger charge is -2.09. The first kappa shape index (κ1) is 13.9. The molecule has 0 heterocycles. The maximum atomic E-state index is 13.5. The number of benzene rings is 2. The highest BCUT2D eigenvalue weighted by atomic mass is 19.1. The molecule has 0 saturated carbocycles. The van der Waals surface area contributed by atoms with Gasteiger partial charge in [-0.05, 0) is 30.3 Å². The third-order valence-corrected chi connectivity index (χ3v) is 2.57. The van der Waals surface area contributed by atoms with Gasteiger partial charge in [0.15, 0.2) is 11.6 Å². The van der Waals surface area contributed by atoms with Crippen LogP contribution in [0.25, 0.3) is 0 Å². The van der Waals surface area contributed by atoms with Gasteiger partial charge in [-0.2, -0.15) is 0 Å². The van der Waals surface area contributed by atoms with E-state index < -0.39 is 30.0 Å². The van der Waals surface area contributed by atoms with Gasteiger partial charge in [0.2, 0.25) is 0 Å². The Hall–Kier alpha value is -2.50. The number of halogens is 3. The van der Waals surface area contributed by atoms with Gasteiger partial charge in [-0.3, -0.25) is 0 Å². The molecule has 0 aliphatic heterocycles. The summed E-state index contributed by atoms with van der Waals surface area (Å²) in [5.74, 6) is -3.76.